The Kier molecular flexibility index (Phi) is 11.0. The molecule has 1 aromatic carbocycles. The molecule has 2 aliphatic rings. The first-order chi connectivity index (χ1) is 15.2. The first-order valence-corrected chi connectivity index (χ1v) is 14.3. The zero-order chi connectivity index (χ0) is 21.9. The highest BCUT2D eigenvalue weighted by Gasteiger charge is 2.25. The van der Waals surface area contributed by atoms with E-state index in [0.29, 0.717) is 0 Å². The molecule has 3 rings (SSSR count). The fourth-order valence-corrected chi connectivity index (χ4v) is 6.76. The molecule has 0 heteroatoms. The molecule has 0 spiro atoms. The molecular formula is C31H52. The van der Waals surface area contributed by atoms with Crippen LogP contribution >= 0.6 is 0 Å². The van der Waals surface area contributed by atoms with Gasteiger partial charge in [0.1, 0.15) is 0 Å². The van der Waals surface area contributed by atoms with Crippen LogP contribution in [0.4, 0.5) is 0 Å². The highest BCUT2D eigenvalue weighted by atomic mass is 14.3. The lowest BCUT2D eigenvalue weighted by Gasteiger charge is -2.31. The third-order valence-electron chi connectivity index (χ3n) is 8.81. The molecule has 176 valence electrons. The lowest BCUT2D eigenvalue weighted by molar-refractivity contribution is 0.301. The molecule has 0 aliphatic heterocycles. The molecule has 1 aromatic rings. The minimum atomic E-state index is 0.832. The molecule has 0 N–H and O–H groups in total. The van der Waals surface area contributed by atoms with Gasteiger partial charge in [-0.1, -0.05) is 96.3 Å². The molecule has 0 nitrogen and oxygen atoms in total. The Hall–Kier alpha value is -0.780. The summed E-state index contributed by atoms with van der Waals surface area (Å²) in [6.45, 7) is 7.05. The first-order valence-electron chi connectivity index (χ1n) is 14.3. The largest absolute Gasteiger partial charge is 0.0654 e. The Morgan fingerprint density at radius 3 is 1.81 bits per heavy atom. The van der Waals surface area contributed by atoms with E-state index in [1.54, 1.807) is 16.7 Å². The number of benzene rings is 1. The van der Waals surface area contributed by atoms with Crippen molar-refractivity contribution in [2.45, 2.75) is 148 Å². The molecule has 0 amide bonds. The lowest BCUT2D eigenvalue weighted by Crippen LogP contribution is -2.15. The summed E-state index contributed by atoms with van der Waals surface area (Å²) in [6, 6.07) is 7.62. The quantitative estimate of drug-likeness (QED) is 0.293. The highest BCUT2D eigenvalue weighted by Crippen LogP contribution is 2.41. The van der Waals surface area contributed by atoms with E-state index in [1.165, 1.54) is 116 Å². The topological polar surface area (TPSA) is 0 Å². The van der Waals surface area contributed by atoms with Gasteiger partial charge in [0, 0.05) is 0 Å². The molecule has 0 saturated heterocycles. The minimum absolute atomic E-state index is 0.832. The summed E-state index contributed by atoms with van der Waals surface area (Å²) in [6.07, 6.45) is 26.1. The molecule has 0 unspecified atom stereocenters. The van der Waals surface area contributed by atoms with E-state index < -0.39 is 0 Å². The number of aryl methyl sites for hydroxylation is 1. The standard InChI is InChI=1S/C31H52/c1-4-6-7-8-9-10-11-13-27-14-18-28(19-15-27)30-22-23-31(25(3)24-30)29-20-16-26(12-5-2)17-21-29/h22-24,26-29H,4-21H2,1-3H3. The summed E-state index contributed by atoms with van der Waals surface area (Å²) in [4.78, 5) is 0. The summed E-state index contributed by atoms with van der Waals surface area (Å²) < 4.78 is 0. The Morgan fingerprint density at radius 2 is 1.19 bits per heavy atom. The maximum absolute atomic E-state index is 2.58. The van der Waals surface area contributed by atoms with Crippen molar-refractivity contribution in [1.82, 2.24) is 0 Å². The fraction of sp³-hybridized carbons (Fsp3) is 0.806. The van der Waals surface area contributed by atoms with Crippen LogP contribution in [-0.2, 0) is 0 Å². The van der Waals surface area contributed by atoms with Gasteiger partial charge in [-0.25, -0.2) is 0 Å². The average Bonchev–Trinajstić information content (AvgIpc) is 2.80. The smallest absolute Gasteiger partial charge is 0.0159 e. The van der Waals surface area contributed by atoms with Gasteiger partial charge in [-0.15, -0.1) is 0 Å². The molecular weight excluding hydrogens is 372 g/mol. The van der Waals surface area contributed by atoms with E-state index in [0.717, 1.165) is 23.7 Å². The maximum atomic E-state index is 2.58. The van der Waals surface area contributed by atoms with Crippen molar-refractivity contribution in [3.05, 3.63) is 34.9 Å². The van der Waals surface area contributed by atoms with Gasteiger partial charge in [0.2, 0.25) is 0 Å². The molecule has 2 saturated carbocycles. The molecule has 2 fully saturated rings. The Balaban J connectivity index is 1.38. The monoisotopic (exact) mass is 424 g/mol. The van der Waals surface area contributed by atoms with Crippen LogP contribution in [0.25, 0.3) is 0 Å². The first kappa shape index (κ1) is 24.9. The van der Waals surface area contributed by atoms with Gasteiger partial charge in [-0.2, -0.15) is 0 Å². The van der Waals surface area contributed by atoms with E-state index in [-0.39, 0.29) is 0 Å². The zero-order valence-electron chi connectivity index (χ0n) is 21.3. The number of hydrogen-bond acceptors (Lipinski definition) is 0. The van der Waals surface area contributed by atoms with Gasteiger partial charge >= 0.3 is 0 Å². The lowest BCUT2D eigenvalue weighted by atomic mass is 9.74. The van der Waals surface area contributed by atoms with Gasteiger partial charge in [-0.3, -0.25) is 0 Å². The Morgan fingerprint density at radius 1 is 0.613 bits per heavy atom. The van der Waals surface area contributed by atoms with Crippen LogP contribution < -0.4 is 0 Å². The van der Waals surface area contributed by atoms with E-state index in [9.17, 15) is 0 Å². The number of rotatable bonds is 12. The summed E-state index contributed by atoms with van der Waals surface area (Å²) in [5, 5.41) is 0. The summed E-state index contributed by atoms with van der Waals surface area (Å²) >= 11 is 0. The third-order valence-corrected chi connectivity index (χ3v) is 8.81. The van der Waals surface area contributed by atoms with Crippen molar-refractivity contribution in [2.75, 3.05) is 0 Å². The van der Waals surface area contributed by atoms with E-state index >= 15 is 0 Å². The number of hydrogen-bond donors (Lipinski definition) is 0. The molecule has 2 aliphatic carbocycles. The van der Waals surface area contributed by atoms with Crippen LogP contribution in [0, 0.1) is 18.8 Å². The van der Waals surface area contributed by atoms with E-state index in [4.69, 9.17) is 0 Å². The molecule has 0 heterocycles. The predicted molar refractivity (Wildman–Crippen MR) is 138 cm³/mol. The molecule has 0 atom stereocenters. The average molecular weight is 425 g/mol. The molecule has 31 heavy (non-hydrogen) atoms. The van der Waals surface area contributed by atoms with E-state index in [1.807, 2.05) is 0 Å². The normalized spacial score (nSPS) is 26.8. The molecule has 0 aromatic heterocycles. The second-order valence-electron chi connectivity index (χ2n) is 11.2. The van der Waals surface area contributed by atoms with Crippen molar-refractivity contribution in [3.63, 3.8) is 0 Å². The zero-order valence-corrected chi connectivity index (χ0v) is 21.3. The van der Waals surface area contributed by atoms with Crippen LogP contribution in [0.2, 0.25) is 0 Å². The Bertz CT molecular complexity index is 598. The predicted octanol–water partition coefficient (Wildman–Crippen LogP) is 10.5. The Labute approximate surface area is 195 Å². The number of unbranched alkanes of at least 4 members (excludes halogenated alkanes) is 6. The van der Waals surface area contributed by atoms with Gasteiger partial charge in [0.25, 0.3) is 0 Å². The second-order valence-corrected chi connectivity index (χ2v) is 11.2. The highest BCUT2D eigenvalue weighted by molar-refractivity contribution is 5.35. The summed E-state index contributed by atoms with van der Waals surface area (Å²) in [5.41, 5.74) is 4.91. The van der Waals surface area contributed by atoms with Gasteiger partial charge in [0.05, 0.1) is 0 Å². The molecule has 0 radical (unpaired) electrons. The SMILES string of the molecule is CCCCCCCCCC1CCC(c2ccc(C3CCC(CCC)CC3)c(C)c2)CC1. The maximum Gasteiger partial charge on any atom is -0.0159 e. The minimum Gasteiger partial charge on any atom is -0.0654 e. The van der Waals surface area contributed by atoms with Crippen LogP contribution in [-0.4, -0.2) is 0 Å². The third kappa shape index (κ3) is 7.94. The van der Waals surface area contributed by atoms with Crippen molar-refractivity contribution in [3.8, 4) is 0 Å². The van der Waals surface area contributed by atoms with Crippen LogP contribution in [0.15, 0.2) is 18.2 Å². The van der Waals surface area contributed by atoms with E-state index in [2.05, 4.69) is 39.0 Å². The van der Waals surface area contributed by atoms with Crippen LogP contribution in [0.1, 0.15) is 158 Å². The summed E-state index contributed by atoms with van der Waals surface area (Å²) in [5.74, 6) is 3.70. The van der Waals surface area contributed by atoms with Gasteiger partial charge < -0.3 is 0 Å². The fourth-order valence-electron chi connectivity index (χ4n) is 6.76. The van der Waals surface area contributed by atoms with Crippen molar-refractivity contribution in [2.24, 2.45) is 11.8 Å². The second kappa shape index (κ2) is 13.7. The van der Waals surface area contributed by atoms with Crippen molar-refractivity contribution < 1.29 is 0 Å². The van der Waals surface area contributed by atoms with Crippen LogP contribution in [0.3, 0.4) is 0 Å². The van der Waals surface area contributed by atoms with Gasteiger partial charge in [0.15, 0.2) is 0 Å². The van der Waals surface area contributed by atoms with Gasteiger partial charge in [-0.05, 0) is 98.7 Å². The molecule has 0 bridgehead atoms. The summed E-state index contributed by atoms with van der Waals surface area (Å²) in [7, 11) is 0. The van der Waals surface area contributed by atoms with Crippen molar-refractivity contribution >= 4 is 0 Å². The van der Waals surface area contributed by atoms with Crippen LogP contribution in [0.5, 0.6) is 0 Å². The van der Waals surface area contributed by atoms with Crippen molar-refractivity contribution in [1.29, 1.82) is 0 Å².